The molecule has 5 rings (SSSR count). The lowest BCUT2D eigenvalue weighted by Gasteiger charge is -2.15. The second-order valence-electron chi connectivity index (χ2n) is 5.83. The number of nitrogens with zero attached hydrogens (tertiary/aromatic N) is 4. The summed E-state index contributed by atoms with van der Waals surface area (Å²) < 4.78 is 12.7. The van der Waals surface area contributed by atoms with E-state index in [1.807, 2.05) is 65.1 Å². The molecule has 0 unspecified atom stereocenters. The van der Waals surface area contributed by atoms with Gasteiger partial charge in [-0.3, -0.25) is 0 Å². The van der Waals surface area contributed by atoms with E-state index in [0.717, 1.165) is 38.5 Å². The predicted octanol–water partition coefficient (Wildman–Crippen LogP) is 4.61. The second kappa shape index (κ2) is 5.89. The molecule has 0 aliphatic carbocycles. The summed E-state index contributed by atoms with van der Waals surface area (Å²) in [6.07, 6.45) is 1.81. The van der Waals surface area contributed by atoms with E-state index in [1.54, 1.807) is 0 Å². The van der Waals surface area contributed by atoms with Gasteiger partial charge in [-0.15, -0.1) is 5.10 Å². The highest BCUT2D eigenvalue weighted by Gasteiger charge is 2.18. The fourth-order valence-electron chi connectivity index (χ4n) is 2.87. The lowest BCUT2D eigenvalue weighted by molar-refractivity contribution is 0.174. The molecule has 0 saturated carbocycles. The van der Waals surface area contributed by atoms with Crippen molar-refractivity contribution in [2.75, 3.05) is 18.7 Å². The number of aromatic nitrogens is 3. The Balaban J connectivity index is 1.54. The third-order valence-corrected chi connectivity index (χ3v) is 5.46. The van der Waals surface area contributed by atoms with Crippen LogP contribution in [0.5, 0.6) is 11.5 Å². The average Bonchev–Trinajstić information content (AvgIpc) is 3.35. The van der Waals surface area contributed by atoms with Crippen LogP contribution in [0, 0.1) is 0 Å². The van der Waals surface area contributed by atoms with Crippen LogP contribution in [0.1, 0.15) is 0 Å². The molecule has 0 radical (unpaired) electrons. The van der Waals surface area contributed by atoms with Gasteiger partial charge in [0.15, 0.2) is 11.5 Å². The highest BCUT2D eigenvalue weighted by atomic mass is 35.5. The van der Waals surface area contributed by atoms with Crippen LogP contribution < -0.4 is 14.4 Å². The number of halogens is 1. The molecule has 6 nitrogen and oxygen atoms in total. The monoisotopic (exact) mass is 384 g/mol. The van der Waals surface area contributed by atoms with Gasteiger partial charge in [0.1, 0.15) is 0 Å². The molecule has 1 aliphatic rings. The Morgan fingerprint density at radius 3 is 2.92 bits per heavy atom. The molecule has 0 N–H and O–H groups in total. The molecule has 4 aromatic rings. The van der Waals surface area contributed by atoms with Gasteiger partial charge in [-0.25, -0.2) is 9.50 Å². The van der Waals surface area contributed by atoms with E-state index in [4.69, 9.17) is 26.2 Å². The molecule has 2 aromatic carbocycles. The number of benzene rings is 2. The number of hydrogen-bond acceptors (Lipinski definition) is 6. The fourth-order valence-corrected chi connectivity index (χ4v) is 3.92. The summed E-state index contributed by atoms with van der Waals surface area (Å²) in [6.45, 7) is 0.260. The van der Waals surface area contributed by atoms with Crippen molar-refractivity contribution in [3.05, 3.63) is 53.7 Å². The molecule has 0 fully saturated rings. The van der Waals surface area contributed by atoms with E-state index < -0.39 is 0 Å². The molecule has 8 heteroatoms. The minimum Gasteiger partial charge on any atom is -0.454 e. The zero-order valence-electron chi connectivity index (χ0n) is 13.7. The Hall–Kier alpha value is -2.77. The Morgan fingerprint density at radius 2 is 2.04 bits per heavy atom. The van der Waals surface area contributed by atoms with Gasteiger partial charge in [-0.2, -0.15) is 0 Å². The lowest BCUT2D eigenvalue weighted by Crippen LogP contribution is -2.09. The van der Waals surface area contributed by atoms with Gasteiger partial charge >= 0.3 is 0 Å². The fraction of sp³-hybridized carbons (Fsp3) is 0.111. The van der Waals surface area contributed by atoms with Gasteiger partial charge in [-0.1, -0.05) is 35.1 Å². The van der Waals surface area contributed by atoms with Crippen LogP contribution in [0.2, 0.25) is 5.02 Å². The van der Waals surface area contributed by atoms with E-state index in [0.29, 0.717) is 5.02 Å². The maximum atomic E-state index is 6.12. The SMILES string of the molecule is CN(c1ccc2c(c1)OCO2)c1nn2c(-c3cccc(Cl)c3)cnc2s1. The number of anilines is 2. The van der Waals surface area contributed by atoms with Crippen LogP contribution in [0.3, 0.4) is 0 Å². The molecule has 2 aromatic heterocycles. The van der Waals surface area contributed by atoms with Crippen molar-refractivity contribution in [1.29, 1.82) is 0 Å². The number of ether oxygens (including phenoxy) is 2. The van der Waals surface area contributed by atoms with E-state index in [-0.39, 0.29) is 6.79 Å². The topological polar surface area (TPSA) is 51.9 Å². The first-order valence-corrected chi connectivity index (χ1v) is 9.12. The van der Waals surface area contributed by atoms with Crippen molar-refractivity contribution >= 4 is 38.7 Å². The first kappa shape index (κ1) is 15.5. The summed E-state index contributed by atoms with van der Waals surface area (Å²) >= 11 is 7.63. The van der Waals surface area contributed by atoms with Gasteiger partial charge in [-0.05, 0) is 24.3 Å². The lowest BCUT2D eigenvalue weighted by atomic mass is 10.2. The third-order valence-electron chi connectivity index (χ3n) is 4.23. The van der Waals surface area contributed by atoms with Gasteiger partial charge in [0.05, 0.1) is 11.9 Å². The molecule has 1 aliphatic heterocycles. The molecule has 0 spiro atoms. The predicted molar refractivity (Wildman–Crippen MR) is 102 cm³/mol. The first-order chi connectivity index (χ1) is 12.7. The van der Waals surface area contributed by atoms with Crippen LogP contribution in [0.15, 0.2) is 48.7 Å². The van der Waals surface area contributed by atoms with Gasteiger partial charge in [0.25, 0.3) is 0 Å². The highest BCUT2D eigenvalue weighted by molar-refractivity contribution is 7.20. The molecule has 0 bridgehead atoms. The quantitative estimate of drug-likeness (QED) is 0.516. The molecule has 0 atom stereocenters. The maximum absolute atomic E-state index is 6.12. The number of hydrogen-bond donors (Lipinski definition) is 0. The van der Waals surface area contributed by atoms with Gasteiger partial charge in [0.2, 0.25) is 16.9 Å². The minimum absolute atomic E-state index is 0.260. The summed E-state index contributed by atoms with van der Waals surface area (Å²) in [5, 5.41) is 6.25. The summed E-state index contributed by atoms with van der Waals surface area (Å²) in [4.78, 5) is 7.31. The number of imidazole rings is 1. The summed E-state index contributed by atoms with van der Waals surface area (Å²) in [7, 11) is 1.97. The molecule has 130 valence electrons. The molecular weight excluding hydrogens is 372 g/mol. The Morgan fingerprint density at radius 1 is 1.15 bits per heavy atom. The molecular formula is C18H13ClN4O2S. The zero-order valence-corrected chi connectivity index (χ0v) is 15.3. The van der Waals surface area contributed by atoms with Crippen molar-refractivity contribution < 1.29 is 9.47 Å². The van der Waals surface area contributed by atoms with Crippen LogP contribution >= 0.6 is 22.9 Å². The molecule has 3 heterocycles. The van der Waals surface area contributed by atoms with Crippen LogP contribution in [-0.4, -0.2) is 28.4 Å². The van der Waals surface area contributed by atoms with E-state index in [9.17, 15) is 0 Å². The summed E-state index contributed by atoms with van der Waals surface area (Å²) in [6, 6.07) is 13.5. The highest BCUT2D eigenvalue weighted by Crippen LogP contribution is 2.38. The Kier molecular flexibility index (Phi) is 3.51. The normalized spacial score (nSPS) is 12.7. The number of rotatable bonds is 3. The standard InChI is InChI=1S/C18H13ClN4O2S/c1-22(13-5-6-15-16(8-13)25-10-24-15)18-21-23-14(9-20-17(23)26-18)11-3-2-4-12(19)7-11/h2-9H,10H2,1H3. The summed E-state index contributed by atoms with van der Waals surface area (Å²) in [5.74, 6) is 1.51. The van der Waals surface area contributed by atoms with Crippen molar-refractivity contribution in [3.8, 4) is 22.8 Å². The van der Waals surface area contributed by atoms with Crippen LogP contribution in [0.25, 0.3) is 16.2 Å². The van der Waals surface area contributed by atoms with E-state index in [2.05, 4.69) is 4.98 Å². The Bertz CT molecular complexity index is 1120. The van der Waals surface area contributed by atoms with E-state index >= 15 is 0 Å². The molecule has 0 amide bonds. The third kappa shape index (κ3) is 2.48. The Labute approximate surface area is 158 Å². The smallest absolute Gasteiger partial charge is 0.231 e. The van der Waals surface area contributed by atoms with Gasteiger partial charge in [0, 0.05) is 29.4 Å². The minimum atomic E-state index is 0.260. The van der Waals surface area contributed by atoms with Crippen molar-refractivity contribution in [2.45, 2.75) is 0 Å². The van der Waals surface area contributed by atoms with Crippen molar-refractivity contribution in [1.82, 2.24) is 14.6 Å². The zero-order chi connectivity index (χ0) is 17.7. The number of fused-ring (bicyclic) bond motifs is 2. The molecule has 0 saturated heterocycles. The van der Waals surface area contributed by atoms with Gasteiger partial charge < -0.3 is 14.4 Å². The first-order valence-electron chi connectivity index (χ1n) is 7.93. The maximum Gasteiger partial charge on any atom is 0.231 e. The van der Waals surface area contributed by atoms with Crippen LogP contribution in [-0.2, 0) is 0 Å². The molecule has 26 heavy (non-hydrogen) atoms. The van der Waals surface area contributed by atoms with E-state index in [1.165, 1.54) is 11.3 Å². The van der Waals surface area contributed by atoms with Crippen molar-refractivity contribution in [3.63, 3.8) is 0 Å². The largest absolute Gasteiger partial charge is 0.454 e. The average molecular weight is 385 g/mol. The van der Waals surface area contributed by atoms with Crippen LogP contribution in [0.4, 0.5) is 10.8 Å². The second-order valence-corrected chi connectivity index (χ2v) is 7.20. The summed E-state index contributed by atoms with van der Waals surface area (Å²) in [5.41, 5.74) is 2.85. The van der Waals surface area contributed by atoms with Crippen molar-refractivity contribution in [2.24, 2.45) is 0 Å².